The standard InChI is InChI=1S/C32H27NO9/c1-15-12-23(35)22-14-21-17(26(28(22)29(15)37)19-4-2-3-5-25(19)42-11-10-34)8-9-20-27(21)31(39)33(30(20)38)16-6-7-18(32(40)41)24(36)13-16/h2-8,12-13,20-21,26-27,34,36H,9-11,14H2,1H3,(H,40,41)/t20-,21+,26+,27-/m0/s1. The van der Waals surface area contributed by atoms with E-state index in [-0.39, 0.29) is 48.9 Å². The van der Waals surface area contributed by atoms with Crippen LogP contribution < -0.4 is 9.64 Å². The molecule has 0 bridgehead atoms. The van der Waals surface area contributed by atoms with E-state index in [1.165, 1.54) is 12.1 Å². The number of carboxylic acid groups (broad SMARTS) is 1. The molecule has 10 heteroatoms. The number of allylic oxidation sites excluding steroid dienone is 6. The predicted octanol–water partition coefficient (Wildman–Crippen LogP) is 3.10. The molecule has 1 saturated heterocycles. The van der Waals surface area contributed by atoms with Crippen LogP contribution in [-0.4, -0.2) is 57.9 Å². The van der Waals surface area contributed by atoms with Crippen LogP contribution in [0.5, 0.6) is 11.5 Å². The summed E-state index contributed by atoms with van der Waals surface area (Å²) in [6.45, 7) is 1.38. The highest BCUT2D eigenvalue weighted by Crippen LogP contribution is 2.56. The molecule has 4 atom stereocenters. The monoisotopic (exact) mass is 569 g/mol. The zero-order valence-electron chi connectivity index (χ0n) is 22.6. The Morgan fingerprint density at radius 1 is 1.05 bits per heavy atom. The Balaban J connectivity index is 1.46. The molecule has 3 N–H and O–H groups in total. The predicted molar refractivity (Wildman–Crippen MR) is 148 cm³/mol. The summed E-state index contributed by atoms with van der Waals surface area (Å²) in [5.41, 5.74) is 2.01. The lowest BCUT2D eigenvalue weighted by Crippen LogP contribution is -2.40. The summed E-state index contributed by atoms with van der Waals surface area (Å²) in [6, 6.07) is 10.6. The van der Waals surface area contributed by atoms with Crippen molar-refractivity contribution in [2.75, 3.05) is 18.1 Å². The quantitative estimate of drug-likeness (QED) is 0.270. The van der Waals surface area contributed by atoms with Gasteiger partial charge in [0.05, 0.1) is 24.1 Å². The number of carbonyl (C=O) groups is 5. The van der Waals surface area contributed by atoms with Crippen molar-refractivity contribution < 1.29 is 44.0 Å². The summed E-state index contributed by atoms with van der Waals surface area (Å²) in [5.74, 6) is -5.91. The van der Waals surface area contributed by atoms with Gasteiger partial charge < -0.3 is 20.1 Å². The van der Waals surface area contributed by atoms with Crippen molar-refractivity contribution in [2.24, 2.45) is 17.8 Å². The van der Waals surface area contributed by atoms with Gasteiger partial charge in [-0.1, -0.05) is 29.8 Å². The first kappa shape index (κ1) is 27.3. The first-order valence-corrected chi connectivity index (χ1v) is 13.6. The highest BCUT2D eigenvalue weighted by molar-refractivity contribution is 6.25. The first-order valence-electron chi connectivity index (χ1n) is 13.6. The van der Waals surface area contributed by atoms with E-state index in [2.05, 4.69) is 0 Å². The largest absolute Gasteiger partial charge is 0.507 e. The number of aromatic hydroxyl groups is 1. The van der Waals surface area contributed by atoms with Crippen LogP contribution in [0.25, 0.3) is 0 Å². The Labute approximate surface area is 240 Å². The van der Waals surface area contributed by atoms with Gasteiger partial charge in [0, 0.05) is 34.3 Å². The Morgan fingerprint density at radius 3 is 2.52 bits per heavy atom. The van der Waals surface area contributed by atoms with Gasteiger partial charge in [-0.05, 0) is 50.0 Å². The minimum atomic E-state index is -1.35. The Morgan fingerprint density at radius 2 is 1.81 bits per heavy atom. The molecule has 0 aromatic heterocycles. The fourth-order valence-corrected chi connectivity index (χ4v) is 6.82. The molecule has 4 aliphatic rings. The summed E-state index contributed by atoms with van der Waals surface area (Å²) < 4.78 is 5.82. The minimum Gasteiger partial charge on any atom is -0.507 e. The van der Waals surface area contributed by atoms with Crippen LogP contribution in [0.3, 0.4) is 0 Å². The normalized spacial score (nSPS) is 25.0. The maximum absolute atomic E-state index is 14.0. The number of aliphatic hydroxyl groups excluding tert-OH is 1. The van der Waals surface area contributed by atoms with Crippen LogP contribution in [0.1, 0.15) is 41.6 Å². The number of hydrogen-bond acceptors (Lipinski definition) is 8. The summed E-state index contributed by atoms with van der Waals surface area (Å²) in [7, 11) is 0. The summed E-state index contributed by atoms with van der Waals surface area (Å²) in [4.78, 5) is 66.9. The molecule has 2 aromatic carbocycles. The second-order valence-electron chi connectivity index (χ2n) is 10.9. The summed E-state index contributed by atoms with van der Waals surface area (Å²) >= 11 is 0. The Hall–Kier alpha value is -4.83. The Kier molecular flexibility index (Phi) is 6.65. The SMILES string of the molecule is CC1=CC(=O)C2=C(C1=O)[C@@H](c1ccccc1OCCO)C1=CC[C@@H]3C(=O)N(c4ccc(C(=O)O)c(O)c4)C(=O)[C@@H]3[C@@H]1C2. The number of aromatic carboxylic acids is 1. The lowest BCUT2D eigenvalue weighted by Gasteiger charge is -2.42. The number of hydrogen-bond donors (Lipinski definition) is 3. The topological polar surface area (TPSA) is 159 Å². The highest BCUT2D eigenvalue weighted by atomic mass is 16.5. The van der Waals surface area contributed by atoms with E-state index in [1.54, 1.807) is 31.2 Å². The summed E-state index contributed by atoms with van der Waals surface area (Å²) in [5, 5.41) is 28.9. The van der Waals surface area contributed by atoms with Gasteiger partial charge in [-0.2, -0.15) is 0 Å². The molecule has 0 unspecified atom stereocenters. The van der Waals surface area contributed by atoms with Crippen molar-refractivity contribution in [1.82, 2.24) is 0 Å². The average Bonchev–Trinajstić information content (AvgIpc) is 3.23. The zero-order valence-corrected chi connectivity index (χ0v) is 22.6. The number of Topliss-reactive ketones (excluding diaryl/α,β-unsaturated/α-hetero) is 1. The zero-order chi connectivity index (χ0) is 29.9. The second-order valence-corrected chi connectivity index (χ2v) is 10.9. The smallest absolute Gasteiger partial charge is 0.339 e. The van der Waals surface area contributed by atoms with Crippen LogP contribution in [0, 0.1) is 17.8 Å². The second kappa shape index (κ2) is 10.2. The van der Waals surface area contributed by atoms with Crippen molar-refractivity contribution >= 4 is 35.0 Å². The van der Waals surface area contributed by atoms with E-state index >= 15 is 0 Å². The van der Waals surface area contributed by atoms with E-state index in [0.29, 0.717) is 28.0 Å². The van der Waals surface area contributed by atoms with E-state index < -0.39 is 47.2 Å². The lowest BCUT2D eigenvalue weighted by molar-refractivity contribution is -0.123. The number of ketones is 2. The molecule has 0 radical (unpaired) electrons. The number of imide groups is 1. The van der Waals surface area contributed by atoms with Gasteiger partial charge >= 0.3 is 5.97 Å². The van der Waals surface area contributed by atoms with Gasteiger partial charge in [-0.3, -0.25) is 19.2 Å². The molecule has 214 valence electrons. The van der Waals surface area contributed by atoms with Crippen LogP contribution in [0.4, 0.5) is 5.69 Å². The molecular weight excluding hydrogens is 542 g/mol. The first-order chi connectivity index (χ1) is 20.1. The number of carbonyl (C=O) groups excluding carboxylic acids is 4. The number of ether oxygens (including phenoxy) is 1. The third-order valence-corrected chi connectivity index (χ3v) is 8.61. The van der Waals surface area contributed by atoms with Gasteiger partial charge in [0.2, 0.25) is 11.8 Å². The van der Waals surface area contributed by atoms with Crippen LogP contribution in [0.15, 0.2) is 76.9 Å². The number of phenols is 1. The van der Waals surface area contributed by atoms with Crippen molar-refractivity contribution in [3.05, 3.63) is 88.0 Å². The number of fused-ring (bicyclic) bond motifs is 3. The minimum absolute atomic E-state index is 0.0179. The number of benzene rings is 2. The summed E-state index contributed by atoms with van der Waals surface area (Å²) in [6.07, 6.45) is 3.51. The van der Waals surface area contributed by atoms with Crippen LogP contribution >= 0.6 is 0 Å². The third-order valence-electron chi connectivity index (χ3n) is 8.61. The fourth-order valence-electron chi connectivity index (χ4n) is 6.82. The molecule has 0 saturated carbocycles. The number of aliphatic hydroxyl groups is 1. The molecule has 1 aliphatic heterocycles. The maximum atomic E-state index is 14.0. The fraction of sp³-hybridized carbons (Fsp3) is 0.281. The van der Waals surface area contributed by atoms with E-state index in [9.17, 15) is 39.3 Å². The molecule has 10 nitrogen and oxygen atoms in total. The number of amides is 2. The maximum Gasteiger partial charge on any atom is 0.339 e. The van der Waals surface area contributed by atoms with Gasteiger partial charge in [0.15, 0.2) is 11.6 Å². The third kappa shape index (κ3) is 4.09. The molecule has 1 heterocycles. The van der Waals surface area contributed by atoms with E-state index in [4.69, 9.17) is 4.74 Å². The van der Waals surface area contributed by atoms with E-state index in [1.807, 2.05) is 6.08 Å². The van der Waals surface area contributed by atoms with E-state index in [0.717, 1.165) is 22.6 Å². The molecule has 6 rings (SSSR count). The Bertz CT molecular complexity index is 1680. The van der Waals surface area contributed by atoms with Gasteiger partial charge in [0.1, 0.15) is 23.7 Å². The van der Waals surface area contributed by atoms with Crippen molar-refractivity contribution in [1.29, 1.82) is 0 Å². The molecular formula is C32H27NO9. The van der Waals surface area contributed by atoms with Crippen molar-refractivity contribution in [3.63, 3.8) is 0 Å². The highest BCUT2D eigenvalue weighted by Gasteiger charge is 2.57. The van der Waals surface area contributed by atoms with Gasteiger partial charge in [-0.15, -0.1) is 0 Å². The van der Waals surface area contributed by atoms with Gasteiger partial charge in [0.25, 0.3) is 0 Å². The molecule has 3 aliphatic carbocycles. The van der Waals surface area contributed by atoms with Crippen molar-refractivity contribution in [3.8, 4) is 11.5 Å². The number of rotatable bonds is 6. The number of nitrogens with zero attached hydrogens (tertiary/aromatic N) is 1. The van der Waals surface area contributed by atoms with Gasteiger partial charge in [-0.25, -0.2) is 9.69 Å². The van der Waals surface area contributed by atoms with Crippen LogP contribution in [0.2, 0.25) is 0 Å². The molecule has 0 spiro atoms. The average molecular weight is 570 g/mol. The van der Waals surface area contributed by atoms with Crippen LogP contribution in [-0.2, 0) is 19.2 Å². The molecule has 2 amide bonds. The molecule has 1 fully saturated rings. The number of carboxylic acids is 1. The number of anilines is 1. The lowest BCUT2D eigenvalue weighted by atomic mass is 9.59. The van der Waals surface area contributed by atoms with Crippen molar-refractivity contribution in [2.45, 2.75) is 25.7 Å². The molecule has 42 heavy (non-hydrogen) atoms. The molecule has 2 aromatic rings. The number of para-hydroxylation sites is 1.